The van der Waals surface area contributed by atoms with Gasteiger partial charge in [-0.25, -0.2) is 4.98 Å². The highest BCUT2D eigenvalue weighted by molar-refractivity contribution is 5.69. The molecule has 0 saturated heterocycles. The van der Waals surface area contributed by atoms with Gasteiger partial charge in [0.25, 0.3) is 0 Å². The van der Waals surface area contributed by atoms with Crippen molar-refractivity contribution in [2.45, 2.75) is 45.4 Å². The molecule has 1 heterocycles. The number of nitrogens with one attached hydrogen (secondary N) is 1. The van der Waals surface area contributed by atoms with Crippen LogP contribution in [0.25, 0.3) is 11.5 Å². The van der Waals surface area contributed by atoms with Crippen LogP contribution in [0.1, 0.15) is 48.3 Å². The molecule has 7 nitrogen and oxygen atoms in total. The lowest BCUT2D eigenvalue weighted by molar-refractivity contribution is -0.137. The first kappa shape index (κ1) is 22.7. The van der Waals surface area contributed by atoms with Gasteiger partial charge in [-0.1, -0.05) is 6.07 Å². The average Bonchev–Trinajstić information content (AvgIpc) is 3.36. The summed E-state index contributed by atoms with van der Waals surface area (Å²) in [6.07, 6.45) is 2.59. The molecule has 33 heavy (non-hydrogen) atoms. The number of carboxylic acids is 1. The molecule has 3 aromatic rings. The molecule has 1 atom stereocenters. The topological polar surface area (TPSA) is 93.8 Å². The largest absolute Gasteiger partial charge is 0.495 e. The van der Waals surface area contributed by atoms with Gasteiger partial charge in [-0.15, -0.1) is 0 Å². The first-order valence-corrected chi connectivity index (χ1v) is 11.3. The Morgan fingerprint density at radius 1 is 1.27 bits per heavy atom. The van der Waals surface area contributed by atoms with Crippen molar-refractivity contribution in [2.24, 2.45) is 0 Å². The minimum absolute atomic E-state index is 0.105. The van der Waals surface area contributed by atoms with Gasteiger partial charge in [-0.05, 0) is 74.1 Å². The Bertz CT molecular complexity index is 1140. The van der Waals surface area contributed by atoms with Crippen LogP contribution in [0.5, 0.6) is 11.5 Å². The number of anilines is 1. The Kier molecular flexibility index (Phi) is 6.87. The predicted octanol–water partition coefficient (Wildman–Crippen LogP) is 5.22. The standard InChI is InChI=1S/C26H30N2O5/c1-4-27-23-14-19(7-10-24(23)31-3)26-28-22(16(2)33-26)11-12-32-20-8-9-21-17(13-20)5-6-18(21)15-25(29)30/h7-10,13-14,18,27H,4-6,11-12,15H2,1-3H3,(H,29,30)/t18-/m0/s1. The van der Waals surface area contributed by atoms with E-state index >= 15 is 0 Å². The third-order valence-corrected chi connectivity index (χ3v) is 6.05. The molecule has 4 rings (SSSR count). The van der Waals surface area contributed by atoms with Gasteiger partial charge in [0.2, 0.25) is 5.89 Å². The lowest BCUT2D eigenvalue weighted by Gasteiger charge is -2.10. The summed E-state index contributed by atoms with van der Waals surface area (Å²) in [5.74, 6) is 2.29. The summed E-state index contributed by atoms with van der Waals surface area (Å²) >= 11 is 0. The van der Waals surface area contributed by atoms with Crippen LogP contribution in [0.15, 0.2) is 40.8 Å². The summed E-state index contributed by atoms with van der Waals surface area (Å²) in [6, 6.07) is 11.8. The van der Waals surface area contributed by atoms with Crippen LogP contribution in [0, 0.1) is 6.92 Å². The Labute approximate surface area is 193 Å². The van der Waals surface area contributed by atoms with Crippen LogP contribution in [0.2, 0.25) is 0 Å². The number of ether oxygens (including phenoxy) is 2. The first-order valence-electron chi connectivity index (χ1n) is 11.3. The smallest absolute Gasteiger partial charge is 0.303 e. The molecule has 7 heteroatoms. The number of aryl methyl sites for hydroxylation is 2. The van der Waals surface area contributed by atoms with Crippen LogP contribution in [-0.4, -0.2) is 36.3 Å². The van der Waals surface area contributed by atoms with Crippen LogP contribution in [-0.2, 0) is 17.6 Å². The summed E-state index contributed by atoms with van der Waals surface area (Å²) in [5, 5.41) is 12.4. The van der Waals surface area contributed by atoms with Crippen molar-refractivity contribution in [3.8, 4) is 23.0 Å². The maximum atomic E-state index is 11.1. The minimum atomic E-state index is -0.747. The number of carboxylic acid groups (broad SMARTS) is 1. The third-order valence-electron chi connectivity index (χ3n) is 6.05. The molecule has 2 aromatic carbocycles. The summed E-state index contributed by atoms with van der Waals surface area (Å²) in [4.78, 5) is 15.7. The molecule has 0 bridgehead atoms. The van der Waals surface area contributed by atoms with Gasteiger partial charge in [-0.3, -0.25) is 4.79 Å². The zero-order valence-corrected chi connectivity index (χ0v) is 19.3. The van der Waals surface area contributed by atoms with E-state index in [9.17, 15) is 4.79 Å². The van der Waals surface area contributed by atoms with E-state index < -0.39 is 5.97 Å². The number of benzene rings is 2. The number of nitrogens with zero attached hydrogens (tertiary/aromatic N) is 1. The number of hydrogen-bond acceptors (Lipinski definition) is 6. The zero-order valence-electron chi connectivity index (χ0n) is 19.3. The van der Waals surface area contributed by atoms with E-state index in [0.717, 1.165) is 59.2 Å². The van der Waals surface area contributed by atoms with E-state index in [1.807, 2.05) is 50.2 Å². The number of rotatable bonds is 10. The van der Waals surface area contributed by atoms with Gasteiger partial charge in [0.1, 0.15) is 17.3 Å². The number of aromatic nitrogens is 1. The lowest BCUT2D eigenvalue weighted by Crippen LogP contribution is -2.04. The quantitative estimate of drug-likeness (QED) is 0.437. The molecule has 174 valence electrons. The monoisotopic (exact) mass is 450 g/mol. The van der Waals surface area contributed by atoms with E-state index in [2.05, 4.69) is 5.32 Å². The molecule has 0 radical (unpaired) electrons. The van der Waals surface area contributed by atoms with Gasteiger partial charge in [-0.2, -0.15) is 0 Å². The number of oxazole rings is 1. The molecule has 0 spiro atoms. The molecule has 1 aliphatic carbocycles. The molecule has 0 amide bonds. The normalized spacial score (nSPS) is 14.7. The molecular weight excluding hydrogens is 420 g/mol. The van der Waals surface area contributed by atoms with Crippen LogP contribution in [0.3, 0.4) is 0 Å². The predicted molar refractivity (Wildman–Crippen MR) is 126 cm³/mol. The van der Waals surface area contributed by atoms with E-state index in [0.29, 0.717) is 18.9 Å². The van der Waals surface area contributed by atoms with Crippen molar-refractivity contribution < 1.29 is 23.8 Å². The summed E-state index contributed by atoms with van der Waals surface area (Å²) in [7, 11) is 1.65. The van der Waals surface area contributed by atoms with Crippen molar-refractivity contribution in [3.05, 3.63) is 59.0 Å². The number of aliphatic carboxylic acids is 1. The number of carbonyl (C=O) groups is 1. The lowest BCUT2D eigenvalue weighted by atomic mass is 9.98. The summed E-state index contributed by atoms with van der Waals surface area (Å²) in [5.41, 5.74) is 4.98. The molecule has 1 aromatic heterocycles. The second-order valence-corrected chi connectivity index (χ2v) is 8.26. The molecule has 2 N–H and O–H groups in total. The summed E-state index contributed by atoms with van der Waals surface area (Å²) in [6.45, 7) is 5.22. The Hall–Kier alpha value is -3.48. The number of fused-ring (bicyclic) bond motifs is 1. The Morgan fingerprint density at radius 3 is 2.88 bits per heavy atom. The highest BCUT2D eigenvalue weighted by Crippen LogP contribution is 2.37. The molecule has 1 aliphatic rings. The highest BCUT2D eigenvalue weighted by Gasteiger charge is 2.25. The molecule has 0 unspecified atom stereocenters. The van der Waals surface area contributed by atoms with E-state index in [-0.39, 0.29) is 12.3 Å². The van der Waals surface area contributed by atoms with Crippen molar-refractivity contribution in [1.82, 2.24) is 4.98 Å². The van der Waals surface area contributed by atoms with Crippen molar-refractivity contribution >= 4 is 11.7 Å². The van der Waals surface area contributed by atoms with Crippen molar-refractivity contribution in [2.75, 3.05) is 25.6 Å². The van der Waals surface area contributed by atoms with Gasteiger partial charge in [0.05, 0.1) is 31.5 Å². The highest BCUT2D eigenvalue weighted by atomic mass is 16.5. The fourth-order valence-electron chi connectivity index (χ4n) is 4.41. The first-order chi connectivity index (χ1) is 16.0. The Morgan fingerprint density at radius 2 is 2.12 bits per heavy atom. The minimum Gasteiger partial charge on any atom is -0.495 e. The van der Waals surface area contributed by atoms with Crippen molar-refractivity contribution in [1.29, 1.82) is 0 Å². The van der Waals surface area contributed by atoms with Crippen molar-refractivity contribution in [3.63, 3.8) is 0 Å². The molecule has 0 fully saturated rings. The fraction of sp³-hybridized carbons (Fsp3) is 0.385. The third kappa shape index (κ3) is 5.13. The second-order valence-electron chi connectivity index (χ2n) is 8.26. The van der Waals surface area contributed by atoms with Crippen LogP contribution < -0.4 is 14.8 Å². The maximum absolute atomic E-state index is 11.1. The maximum Gasteiger partial charge on any atom is 0.303 e. The molecular formula is C26H30N2O5. The van der Waals surface area contributed by atoms with Crippen LogP contribution >= 0.6 is 0 Å². The van der Waals surface area contributed by atoms with Crippen LogP contribution in [0.4, 0.5) is 5.69 Å². The average molecular weight is 451 g/mol. The van der Waals surface area contributed by atoms with Gasteiger partial charge in [0, 0.05) is 18.5 Å². The summed E-state index contributed by atoms with van der Waals surface area (Å²) < 4.78 is 17.3. The van der Waals surface area contributed by atoms with Gasteiger partial charge >= 0.3 is 5.97 Å². The Balaban J connectivity index is 1.40. The fourth-order valence-corrected chi connectivity index (χ4v) is 4.41. The second kappa shape index (κ2) is 9.98. The van der Waals surface area contributed by atoms with E-state index in [1.54, 1.807) is 7.11 Å². The number of methoxy groups -OCH3 is 1. The van der Waals surface area contributed by atoms with E-state index in [4.69, 9.17) is 24.0 Å². The van der Waals surface area contributed by atoms with Gasteiger partial charge < -0.3 is 24.3 Å². The number of hydrogen-bond donors (Lipinski definition) is 2. The zero-order chi connectivity index (χ0) is 23.4. The molecule has 0 saturated carbocycles. The SMILES string of the molecule is CCNc1cc(-c2nc(CCOc3ccc4c(c3)CC[C@H]4CC(=O)O)c(C)o2)ccc1OC. The molecule has 0 aliphatic heterocycles. The van der Waals surface area contributed by atoms with E-state index in [1.165, 1.54) is 5.56 Å². The van der Waals surface area contributed by atoms with Gasteiger partial charge in [0.15, 0.2) is 0 Å².